The molecule has 1 fully saturated rings. The molecule has 1 aliphatic rings. The molecule has 0 amide bonds. The molecule has 0 heterocycles. The summed E-state index contributed by atoms with van der Waals surface area (Å²) in [6, 6.07) is 5.72. The van der Waals surface area contributed by atoms with Gasteiger partial charge in [-0.05, 0) is 55.7 Å². The monoisotopic (exact) mass is 264 g/mol. The molecule has 0 aromatic heterocycles. The summed E-state index contributed by atoms with van der Waals surface area (Å²) in [6.45, 7) is 6.52. The smallest absolute Gasteiger partial charge is 0.167 e. The average Bonchev–Trinajstić information content (AvgIpc) is 2.32. The zero-order valence-corrected chi connectivity index (χ0v) is 12.1. The number of benzene rings is 1. The summed E-state index contributed by atoms with van der Waals surface area (Å²) in [5.74, 6) is 1.77. The molecule has 3 unspecified atom stereocenters. The topological polar surface area (TPSA) is 17.1 Å². The molecule has 0 spiro atoms. The van der Waals surface area contributed by atoms with Crippen molar-refractivity contribution in [2.45, 2.75) is 40.0 Å². The number of aryl methyl sites for hydroxylation is 1. The van der Waals surface area contributed by atoms with Gasteiger partial charge in [-0.25, -0.2) is 0 Å². The van der Waals surface area contributed by atoms with Gasteiger partial charge in [0.2, 0.25) is 0 Å². The number of hydrogen-bond donors (Lipinski definition) is 0. The minimum absolute atomic E-state index is 0.163. The van der Waals surface area contributed by atoms with Gasteiger partial charge in [-0.15, -0.1) is 0 Å². The standard InChI is InChI=1S/C16H21ClO/c1-10-4-7-14(15(17)8-10)16(18)13-6-5-11(2)12(3)9-13/h4,7-8,11-13H,5-6,9H2,1-3H3. The van der Waals surface area contributed by atoms with Gasteiger partial charge < -0.3 is 0 Å². The van der Waals surface area contributed by atoms with Crippen molar-refractivity contribution in [2.75, 3.05) is 0 Å². The fourth-order valence-corrected chi connectivity index (χ4v) is 3.15. The van der Waals surface area contributed by atoms with E-state index in [1.54, 1.807) is 0 Å². The van der Waals surface area contributed by atoms with Gasteiger partial charge in [-0.2, -0.15) is 0 Å². The van der Waals surface area contributed by atoms with Gasteiger partial charge in [0, 0.05) is 11.5 Å². The largest absolute Gasteiger partial charge is 0.294 e. The molecular weight excluding hydrogens is 244 g/mol. The van der Waals surface area contributed by atoms with Crippen molar-refractivity contribution in [3.05, 3.63) is 34.3 Å². The summed E-state index contributed by atoms with van der Waals surface area (Å²) in [5, 5.41) is 0.603. The molecular formula is C16H21ClO. The van der Waals surface area contributed by atoms with E-state index < -0.39 is 0 Å². The van der Waals surface area contributed by atoms with Crippen molar-refractivity contribution in [2.24, 2.45) is 17.8 Å². The van der Waals surface area contributed by atoms with Crippen LogP contribution in [-0.4, -0.2) is 5.78 Å². The van der Waals surface area contributed by atoms with Crippen LogP contribution in [0.25, 0.3) is 0 Å². The van der Waals surface area contributed by atoms with Crippen LogP contribution in [-0.2, 0) is 0 Å². The molecule has 0 aliphatic heterocycles. The highest BCUT2D eigenvalue weighted by molar-refractivity contribution is 6.34. The zero-order valence-electron chi connectivity index (χ0n) is 11.4. The number of ketones is 1. The van der Waals surface area contributed by atoms with Gasteiger partial charge in [-0.3, -0.25) is 4.79 Å². The highest BCUT2D eigenvalue weighted by Gasteiger charge is 2.30. The summed E-state index contributed by atoms with van der Waals surface area (Å²) < 4.78 is 0. The summed E-state index contributed by atoms with van der Waals surface area (Å²) in [4.78, 5) is 12.5. The van der Waals surface area contributed by atoms with E-state index in [9.17, 15) is 4.79 Å². The molecule has 0 bridgehead atoms. The Kier molecular flexibility index (Phi) is 4.11. The van der Waals surface area contributed by atoms with Crippen LogP contribution in [0.3, 0.4) is 0 Å². The Balaban J connectivity index is 2.16. The third-order valence-corrected chi connectivity index (χ3v) is 4.67. The van der Waals surface area contributed by atoms with Crippen LogP contribution in [0.1, 0.15) is 49.0 Å². The Hall–Kier alpha value is -0.820. The SMILES string of the molecule is Cc1ccc(C(=O)C2CCC(C)C(C)C2)c(Cl)c1. The van der Waals surface area contributed by atoms with Crippen LogP contribution >= 0.6 is 11.6 Å². The summed E-state index contributed by atoms with van der Waals surface area (Å²) >= 11 is 6.19. The lowest BCUT2D eigenvalue weighted by molar-refractivity contribution is 0.0838. The van der Waals surface area contributed by atoms with Crippen LogP contribution in [0, 0.1) is 24.7 Å². The molecule has 2 rings (SSSR count). The lowest BCUT2D eigenvalue weighted by Crippen LogP contribution is -2.26. The average molecular weight is 265 g/mol. The second-order valence-corrected chi connectivity index (χ2v) is 6.22. The first kappa shape index (κ1) is 13.6. The third kappa shape index (κ3) is 2.77. The predicted molar refractivity (Wildman–Crippen MR) is 76.2 cm³/mol. The van der Waals surface area contributed by atoms with Crippen molar-refractivity contribution < 1.29 is 4.79 Å². The van der Waals surface area contributed by atoms with E-state index in [4.69, 9.17) is 11.6 Å². The molecule has 1 aromatic carbocycles. The van der Waals surface area contributed by atoms with Gasteiger partial charge in [0.15, 0.2) is 5.78 Å². The first-order valence-electron chi connectivity index (χ1n) is 6.79. The Morgan fingerprint density at radius 1 is 1.22 bits per heavy atom. The molecule has 1 aromatic rings. The quantitative estimate of drug-likeness (QED) is 0.694. The maximum Gasteiger partial charge on any atom is 0.167 e. The molecule has 0 N–H and O–H groups in total. The fourth-order valence-electron chi connectivity index (χ4n) is 2.83. The van der Waals surface area contributed by atoms with E-state index in [-0.39, 0.29) is 11.7 Å². The number of carbonyl (C=O) groups is 1. The van der Waals surface area contributed by atoms with Crippen molar-refractivity contribution in [1.82, 2.24) is 0 Å². The molecule has 0 radical (unpaired) electrons. The second-order valence-electron chi connectivity index (χ2n) is 5.81. The van der Waals surface area contributed by atoms with Crippen LogP contribution < -0.4 is 0 Å². The van der Waals surface area contributed by atoms with Gasteiger partial charge in [0.05, 0.1) is 5.02 Å². The first-order valence-corrected chi connectivity index (χ1v) is 7.17. The maximum absolute atomic E-state index is 12.5. The highest BCUT2D eigenvalue weighted by Crippen LogP contribution is 2.36. The molecule has 3 atom stereocenters. The lowest BCUT2D eigenvalue weighted by Gasteiger charge is -2.31. The van der Waals surface area contributed by atoms with Gasteiger partial charge in [0.1, 0.15) is 0 Å². The maximum atomic E-state index is 12.5. The van der Waals surface area contributed by atoms with Crippen molar-refractivity contribution in [1.29, 1.82) is 0 Å². The number of carbonyl (C=O) groups excluding carboxylic acids is 1. The minimum Gasteiger partial charge on any atom is -0.294 e. The molecule has 1 aliphatic carbocycles. The Morgan fingerprint density at radius 2 is 1.94 bits per heavy atom. The Bertz CT molecular complexity index is 452. The molecule has 0 saturated heterocycles. The summed E-state index contributed by atoms with van der Waals surface area (Å²) in [5.41, 5.74) is 1.80. The Morgan fingerprint density at radius 3 is 2.56 bits per heavy atom. The van der Waals surface area contributed by atoms with E-state index in [0.717, 1.165) is 30.7 Å². The van der Waals surface area contributed by atoms with E-state index in [2.05, 4.69) is 13.8 Å². The lowest BCUT2D eigenvalue weighted by atomic mass is 9.73. The fraction of sp³-hybridized carbons (Fsp3) is 0.562. The minimum atomic E-state index is 0.163. The van der Waals surface area contributed by atoms with E-state index in [0.29, 0.717) is 16.5 Å². The highest BCUT2D eigenvalue weighted by atomic mass is 35.5. The molecule has 18 heavy (non-hydrogen) atoms. The van der Waals surface area contributed by atoms with Crippen LogP contribution in [0.5, 0.6) is 0 Å². The van der Waals surface area contributed by atoms with Crippen molar-refractivity contribution in [3.8, 4) is 0 Å². The first-order chi connectivity index (χ1) is 8.49. The predicted octanol–water partition coefficient (Wildman–Crippen LogP) is 4.90. The van der Waals surface area contributed by atoms with Crippen molar-refractivity contribution >= 4 is 17.4 Å². The second kappa shape index (κ2) is 5.44. The molecule has 1 nitrogen and oxygen atoms in total. The summed E-state index contributed by atoms with van der Waals surface area (Å²) in [6.07, 6.45) is 3.17. The molecule has 2 heteroatoms. The number of rotatable bonds is 2. The summed E-state index contributed by atoms with van der Waals surface area (Å²) in [7, 11) is 0. The van der Waals surface area contributed by atoms with Gasteiger partial charge in [-0.1, -0.05) is 31.5 Å². The molecule has 98 valence electrons. The zero-order chi connectivity index (χ0) is 13.3. The Labute approximate surface area is 115 Å². The normalized spacial score (nSPS) is 28.1. The van der Waals surface area contributed by atoms with E-state index in [1.807, 2.05) is 25.1 Å². The third-order valence-electron chi connectivity index (χ3n) is 4.36. The van der Waals surface area contributed by atoms with Gasteiger partial charge in [0.25, 0.3) is 0 Å². The van der Waals surface area contributed by atoms with Crippen LogP contribution in [0.2, 0.25) is 5.02 Å². The number of Topliss-reactive ketones (excluding diaryl/α,β-unsaturated/α-hetero) is 1. The van der Waals surface area contributed by atoms with E-state index >= 15 is 0 Å². The van der Waals surface area contributed by atoms with E-state index in [1.165, 1.54) is 0 Å². The van der Waals surface area contributed by atoms with Crippen LogP contribution in [0.15, 0.2) is 18.2 Å². The van der Waals surface area contributed by atoms with Gasteiger partial charge >= 0.3 is 0 Å². The van der Waals surface area contributed by atoms with Crippen molar-refractivity contribution in [3.63, 3.8) is 0 Å². The number of halogens is 1. The van der Waals surface area contributed by atoms with Crippen LogP contribution in [0.4, 0.5) is 0 Å². The number of hydrogen-bond acceptors (Lipinski definition) is 1. The molecule has 1 saturated carbocycles.